The molecule has 8 heteroatoms. The molecule has 0 aliphatic heterocycles. The lowest BCUT2D eigenvalue weighted by Gasteiger charge is -2.09. The molecular formula is C23H15N5O3. The maximum Gasteiger partial charge on any atom is 0.339 e. The lowest BCUT2D eigenvalue weighted by Crippen LogP contribution is -2.07. The van der Waals surface area contributed by atoms with Crippen LogP contribution in [-0.2, 0) is 11.3 Å². The molecule has 0 spiro atoms. The normalized spacial score (nSPS) is 10.8. The third-order valence-corrected chi connectivity index (χ3v) is 4.60. The van der Waals surface area contributed by atoms with Crippen molar-refractivity contribution in [2.45, 2.75) is 6.61 Å². The summed E-state index contributed by atoms with van der Waals surface area (Å²) in [4.78, 5) is 30.0. The van der Waals surface area contributed by atoms with Crippen LogP contribution in [0.2, 0.25) is 0 Å². The van der Waals surface area contributed by atoms with Crippen LogP contribution in [0.4, 0.5) is 0 Å². The van der Waals surface area contributed by atoms with Crippen molar-refractivity contribution in [1.29, 1.82) is 0 Å². The zero-order valence-electron chi connectivity index (χ0n) is 16.2. The van der Waals surface area contributed by atoms with E-state index in [1.807, 2.05) is 42.5 Å². The van der Waals surface area contributed by atoms with Crippen molar-refractivity contribution in [1.82, 2.24) is 25.1 Å². The van der Waals surface area contributed by atoms with E-state index in [-0.39, 0.29) is 12.5 Å². The first-order chi connectivity index (χ1) is 15.3. The zero-order valence-corrected chi connectivity index (χ0v) is 16.2. The molecule has 0 aliphatic rings. The fourth-order valence-electron chi connectivity index (χ4n) is 3.13. The van der Waals surface area contributed by atoms with Crippen LogP contribution in [0, 0.1) is 0 Å². The molecule has 0 atom stereocenters. The Kier molecular flexibility index (Phi) is 4.86. The van der Waals surface area contributed by atoms with E-state index in [4.69, 9.17) is 9.26 Å². The summed E-state index contributed by atoms with van der Waals surface area (Å²) in [6.45, 7) is -0.153. The van der Waals surface area contributed by atoms with Gasteiger partial charge in [-0.15, -0.1) is 0 Å². The Morgan fingerprint density at radius 3 is 2.58 bits per heavy atom. The number of hydrogen-bond donors (Lipinski definition) is 0. The lowest BCUT2D eigenvalue weighted by atomic mass is 10.0. The molecule has 0 bridgehead atoms. The molecule has 5 rings (SSSR count). The summed E-state index contributed by atoms with van der Waals surface area (Å²) >= 11 is 0. The number of esters is 1. The van der Waals surface area contributed by atoms with E-state index in [0.717, 1.165) is 5.56 Å². The number of aromatic nitrogens is 5. The van der Waals surface area contributed by atoms with E-state index in [9.17, 15) is 4.79 Å². The Bertz CT molecular complexity index is 1350. The maximum atomic E-state index is 12.9. The Hall–Kier alpha value is -4.46. The summed E-state index contributed by atoms with van der Waals surface area (Å²) in [6.07, 6.45) is 5.00. The van der Waals surface area contributed by atoms with Crippen LogP contribution in [0.5, 0.6) is 0 Å². The highest BCUT2D eigenvalue weighted by Gasteiger charge is 2.17. The van der Waals surface area contributed by atoms with Crippen molar-refractivity contribution in [2.24, 2.45) is 0 Å². The first kappa shape index (κ1) is 18.6. The highest BCUT2D eigenvalue weighted by molar-refractivity contribution is 6.04. The average molecular weight is 409 g/mol. The molecule has 1 aromatic carbocycles. The number of pyridine rings is 3. The van der Waals surface area contributed by atoms with Gasteiger partial charge in [-0.05, 0) is 36.4 Å². The van der Waals surface area contributed by atoms with Gasteiger partial charge in [-0.25, -0.2) is 9.78 Å². The molecule has 0 radical (unpaired) electrons. The molecule has 0 unspecified atom stereocenters. The van der Waals surface area contributed by atoms with Crippen LogP contribution in [0.15, 0.2) is 83.8 Å². The van der Waals surface area contributed by atoms with Crippen LogP contribution in [-0.4, -0.2) is 31.1 Å². The largest absolute Gasteiger partial charge is 0.452 e. The highest BCUT2D eigenvalue weighted by atomic mass is 16.6. The van der Waals surface area contributed by atoms with Gasteiger partial charge >= 0.3 is 5.97 Å². The summed E-state index contributed by atoms with van der Waals surface area (Å²) in [5.74, 6) is 0.00852. The summed E-state index contributed by atoms with van der Waals surface area (Å²) in [5.41, 5.74) is 3.18. The van der Waals surface area contributed by atoms with Gasteiger partial charge in [0, 0.05) is 29.5 Å². The summed E-state index contributed by atoms with van der Waals surface area (Å²) < 4.78 is 10.7. The number of carbonyl (C=O) groups excluding carboxylic acids is 1. The minimum atomic E-state index is -0.508. The van der Waals surface area contributed by atoms with Crippen molar-refractivity contribution in [3.63, 3.8) is 0 Å². The van der Waals surface area contributed by atoms with Crippen LogP contribution in [0.1, 0.15) is 16.2 Å². The molecule has 4 heterocycles. The molecule has 0 aliphatic carbocycles. The number of carbonyl (C=O) groups is 1. The summed E-state index contributed by atoms with van der Waals surface area (Å²) in [6, 6.07) is 18.2. The van der Waals surface area contributed by atoms with E-state index in [0.29, 0.717) is 33.7 Å². The zero-order chi connectivity index (χ0) is 21.0. The van der Waals surface area contributed by atoms with Gasteiger partial charge in [-0.1, -0.05) is 29.4 Å². The van der Waals surface area contributed by atoms with Crippen molar-refractivity contribution < 1.29 is 14.1 Å². The first-order valence-corrected chi connectivity index (χ1v) is 9.49. The van der Waals surface area contributed by atoms with Gasteiger partial charge in [-0.2, -0.15) is 4.98 Å². The highest BCUT2D eigenvalue weighted by Crippen LogP contribution is 2.25. The number of ether oxygens (including phenoxy) is 1. The second kappa shape index (κ2) is 8.11. The van der Waals surface area contributed by atoms with Crippen molar-refractivity contribution in [3.8, 4) is 22.8 Å². The Balaban J connectivity index is 1.41. The molecular weight excluding hydrogens is 394 g/mol. The minimum absolute atomic E-state index is 0.153. The molecule has 8 nitrogen and oxygen atoms in total. The van der Waals surface area contributed by atoms with E-state index < -0.39 is 5.97 Å². The van der Waals surface area contributed by atoms with Gasteiger partial charge in [0.15, 0.2) is 6.61 Å². The first-order valence-electron chi connectivity index (χ1n) is 9.49. The van der Waals surface area contributed by atoms with Gasteiger partial charge in [0.1, 0.15) is 5.69 Å². The van der Waals surface area contributed by atoms with E-state index in [1.54, 1.807) is 36.8 Å². The predicted octanol–water partition coefficient (Wildman–Crippen LogP) is 4.10. The monoisotopic (exact) mass is 409 g/mol. The number of rotatable bonds is 5. The van der Waals surface area contributed by atoms with Gasteiger partial charge in [0.25, 0.3) is 5.89 Å². The standard InChI is InChI=1S/C23H15N5O3/c29-23(30-14-21-27-22(28-31-21)19-7-3-4-10-25-19)17-13-20(15-8-11-24-12-9-15)26-18-6-2-1-5-16(17)18/h1-13H,14H2. The molecule has 31 heavy (non-hydrogen) atoms. The molecule has 0 amide bonds. The van der Waals surface area contributed by atoms with Crippen molar-refractivity contribution in [2.75, 3.05) is 0 Å². The summed E-state index contributed by atoms with van der Waals surface area (Å²) in [5, 5.41) is 4.58. The van der Waals surface area contributed by atoms with E-state index in [2.05, 4.69) is 25.1 Å². The molecule has 0 saturated heterocycles. The topological polar surface area (TPSA) is 104 Å². The average Bonchev–Trinajstić information content (AvgIpc) is 3.32. The summed E-state index contributed by atoms with van der Waals surface area (Å²) in [7, 11) is 0. The van der Waals surface area contributed by atoms with Gasteiger partial charge < -0.3 is 9.26 Å². The number of fused-ring (bicyclic) bond motifs is 1. The third-order valence-electron chi connectivity index (χ3n) is 4.60. The van der Waals surface area contributed by atoms with Crippen molar-refractivity contribution in [3.05, 3.63) is 90.7 Å². The Labute approximate surface area is 176 Å². The van der Waals surface area contributed by atoms with Crippen LogP contribution in [0.3, 0.4) is 0 Å². The quantitative estimate of drug-likeness (QED) is 0.400. The van der Waals surface area contributed by atoms with E-state index in [1.165, 1.54) is 0 Å². The SMILES string of the molecule is O=C(OCc1nc(-c2ccccn2)no1)c1cc(-c2ccncc2)nc2ccccc12. The molecule has 0 saturated carbocycles. The molecule has 0 N–H and O–H groups in total. The number of hydrogen-bond acceptors (Lipinski definition) is 8. The Morgan fingerprint density at radius 2 is 1.74 bits per heavy atom. The number of nitrogens with zero attached hydrogens (tertiary/aromatic N) is 5. The van der Waals surface area contributed by atoms with Gasteiger partial charge in [0.2, 0.25) is 5.82 Å². The van der Waals surface area contributed by atoms with Crippen LogP contribution < -0.4 is 0 Å². The van der Waals surface area contributed by atoms with Gasteiger partial charge in [0.05, 0.1) is 16.8 Å². The molecule has 5 aromatic rings. The van der Waals surface area contributed by atoms with Crippen LogP contribution >= 0.6 is 0 Å². The molecule has 4 aromatic heterocycles. The molecule has 150 valence electrons. The van der Waals surface area contributed by atoms with Gasteiger partial charge in [-0.3, -0.25) is 9.97 Å². The second-order valence-electron chi connectivity index (χ2n) is 6.61. The number of benzene rings is 1. The number of para-hydroxylation sites is 1. The fourth-order valence-corrected chi connectivity index (χ4v) is 3.13. The second-order valence-corrected chi connectivity index (χ2v) is 6.61. The fraction of sp³-hybridized carbons (Fsp3) is 0.0435. The van der Waals surface area contributed by atoms with Crippen molar-refractivity contribution >= 4 is 16.9 Å². The lowest BCUT2D eigenvalue weighted by molar-refractivity contribution is 0.0432. The Morgan fingerprint density at radius 1 is 0.903 bits per heavy atom. The molecule has 0 fully saturated rings. The predicted molar refractivity (Wildman–Crippen MR) is 112 cm³/mol. The smallest absolute Gasteiger partial charge is 0.339 e. The van der Waals surface area contributed by atoms with Crippen LogP contribution in [0.25, 0.3) is 33.7 Å². The van der Waals surface area contributed by atoms with E-state index >= 15 is 0 Å². The third kappa shape index (κ3) is 3.86. The minimum Gasteiger partial charge on any atom is -0.452 e. The maximum absolute atomic E-state index is 12.9.